The molecule has 0 unspecified atom stereocenters. The van der Waals surface area contributed by atoms with Crippen molar-refractivity contribution in [2.24, 2.45) is 0 Å². The lowest BCUT2D eigenvalue weighted by Crippen LogP contribution is -2.31. The lowest BCUT2D eigenvalue weighted by Gasteiger charge is -2.17. The summed E-state index contributed by atoms with van der Waals surface area (Å²) in [4.78, 5) is 24.7. The van der Waals surface area contributed by atoms with Crippen LogP contribution in [0.5, 0.6) is 0 Å². The molecular formula is C18H21N7O3. The summed E-state index contributed by atoms with van der Waals surface area (Å²) in [6, 6.07) is 8.38. The number of ether oxygens (including phenoxy) is 1. The van der Waals surface area contributed by atoms with Crippen molar-refractivity contribution in [3.63, 3.8) is 0 Å². The minimum Gasteiger partial charge on any atom is -0.449 e. The highest BCUT2D eigenvalue weighted by Gasteiger charge is 2.21. The first-order valence-electron chi connectivity index (χ1n) is 8.88. The number of anilines is 1. The van der Waals surface area contributed by atoms with Crippen LogP contribution in [0.3, 0.4) is 0 Å². The molecule has 0 aliphatic rings. The second-order valence-corrected chi connectivity index (χ2v) is 6.26. The lowest BCUT2D eigenvalue weighted by atomic mass is 10.2. The third kappa shape index (κ3) is 4.22. The highest BCUT2D eigenvalue weighted by molar-refractivity contribution is 5.96. The molecule has 2 heterocycles. The van der Waals surface area contributed by atoms with E-state index in [1.165, 1.54) is 17.9 Å². The molecule has 0 radical (unpaired) electrons. The van der Waals surface area contributed by atoms with Crippen molar-refractivity contribution in [2.75, 3.05) is 5.32 Å². The van der Waals surface area contributed by atoms with Gasteiger partial charge in [0.05, 0.1) is 23.5 Å². The van der Waals surface area contributed by atoms with Crippen molar-refractivity contribution >= 4 is 17.7 Å². The van der Waals surface area contributed by atoms with E-state index in [0.29, 0.717) is 17.1 Å². The maximum atomic E-state index is 12.4. The first-order chi connectivity index (χ1) is 13.5. The molecule has 146 valence electrons. The number of rotatable bonds is 7. The van der Waals surface area contributed by atoms with E-state index in [-0.39, 0.29) is 6.04 Å². The molecule has 0 saturated carbocycles. The quantitative estimate of drug-likeness (QED) is 0.620. The van der Waals surface area contributed by atoms with E-state index in [4.69, 9.17) is 4.74 Å². The topological polar surface area (TPSA) is 117 Å². The molecule has 3 rings (SSSR count). The van der Waals surface area contributed by atoms with Crippen LogP contribution in [0.4, 0.5) is 5.82 Å². The van der Waals surface area contributed by atoms with Crippen LogP contribution in [-0.2, 0) is 9.53 Å². The third-order valence-electron chi connectivity index (χ3n) is 4.30. The molecule has 1 amide bonds. The second kappa shape index (κ2) is 8.42. The van der Waals surface area contributed by atoms with Gasteiger partial charge in [0, 0.05) is 6.07 Å². The van der Waals surface area contributed by atoms with E-state index in [2.05, 4.69) is 25.9 Å². The fourth-order valence-electron chi connectivity index (χ4n) is 2.48. The fourth-order valence-corrected chi connectivity index (χ4v) is 2.48. The van der Waals surface area contributed by atoms with Crippen LogP contribution in [-0.4, -0.2) is 48.0 Å². The van der Waals surface area contributed by atoms with Crippen molar-refractivity contribution in [3.05, 3.63) is 48.4 Å². The first-order valence-corrected chi connectivity index (χ1v) is 8.88. The van der Waals surface area contributed by atoms with E-state index >= 15 is 0 Å². The predicted octanol–water partition coefficient (Wildman–Crippen LogP) is 2.01. The van der Waals surface area contributed by atoms with E-state index in [1.54, 1.807) is 41.2 Å². The Bertz CT molecular complexity index is 935. The standard InChI is InChI=1S/C18H21N7O3/c1-4-12(2)25-16(9-10-20-25)21-17(26)13(3)28-18(27)14-5-7-15(8-6-14)24-11-19-22-23-24/h5-13H,4H2,1-3H3,(H,21,26)/t12-,13-/m0/s1. The summed E-state index contributed by atoms with van der Waals surface area (Å²) >= 11 is 0. The number of amides is 1. The Hall–Kier alpha value is -3.56. The summed E-state index contributed by atoms with van der Waals surface area (Å²) in [5, 5.41) is 17.9. The minimum atomic E-state index is -0.966. The van der Waals surface area contributed by atoms with Crippen LogP contribution in [0.15, 0.2) is 42.9 Å². The van der Waals surface area contributed by atoms with Crippen molar-refractivity contribution in [1.29, 1.82) is 0 Å². The molecular weight excluding hydrogens is 362 g/mol. The number of hydrogen-bond acceptors (Lipinski definition) is 7. The summed E-state index contributed by atoms with van der Waals surface area (Å²) < 4.78 is 8.47. The molecule has 0 bridgehead atoms. The van der Waals surface area contributed by atoms with E-state index in [0.717, 1.165) is 6.42 Å². The monoisotopic (exact) mass is 383 g/mol. The normalized spacial score (nSPS) is 13.0. The van der Waals surface area contributed by atoms with Crippen LogP contribution >= 0.6 is 0 Å². The van der Waals surface area contributed by atoms with E-state index in [9.17, 15) is 9.59 Å². The number of nitrogens with zero attached hydrogens (tertiary/aromatic N) is 6. The highest BCUT2D eigenvalue weighted by Crippen LogP contribution is 2.17. The largest absolute Gasteiger partial charge is 0.449 e. The van der Waals surface area contributed by atoms with Crippen LogP contribution in [0, 0.1) is 0 Å². The molecule has 10 heteroatoms. The summed E-state index contributed by atoms with van der Waals surface area (Å²) in [7, 11) is 0. The molecule has 1 aromatic carbocycles. The van der Waals surface area contributed by atoms with Crippen molar-refractivity contribution in [2.45, 2.75) is 39.3 Å². The molecule has 0 fully saturated rings. The van der Waals surface area contributed by atoms with Gasteiger partial charge in [-0.1, -0.05) is 6.92 Å². The van der Waals surface area contributed by atoms with Gasteiger partial charge < -0.3 is 10.1 Å². The summed E-state index contributed by atoms with van der Waals surface area (Å²) in [6.07, 6.45) is 2.97. The SMILES string of the molecule is CC[C@H](C)n1nccc1NC(=O)[C@H](C)OC(=O)c1ccc(-n2cnnn2)cc1. The van der Waals surface area contributed by atoms with Gasteiger partial charge in [0.25, 0.3) is 5.91 Å². The Morgan fingerprint density at radius 3 is 2.57 bits per heavy atom. The van der Waals surface area contributed by atoms with E-state index < -0.39 is 18.0 Å². The maximum Gasteiger partial charge on any atom is 0.338 e. The summed E-state index contributed by atoms with van der Waals surface area (Å²) in [5.74, 6) is -0.460. The zero-order chi connectivity index (χ0) is 20.1. The van der Waals surface area contributed by atoms with Crippen LogP contribution in [0.1, 0.15) is 43.6 Å². The average Bonchev–Trinajstić information content (AvgIpc) is 3.39. The van der Waals surface area contributed by atoms with Crippen molar-refractivity contribution in [3.8, 4) is 5.69 Å². The number of tetrazole rings is 1. The molecule has 2 aromatic heterocycles. The second-order valence-electron chi connectivity index (χ2n) is 6.26. The molecule has 0 spiro atoms. The van der Waals surface area contributed by atoms with Gasteiger partial charge in [0.1, 0.15) is 12.1 Å². The van der Waals surface area contributed by atoms with Gasteiger partial charge in [-0.2, -0.15) is 5.10 Å². The molecule has 0 aliphatic heterocycles. The molecule has 0 saturated heterocycles. The Balaban J connectivity index is 1.61. The molecule has 2 atom stereocenters. The molecule has 3 aromatic rings. The summed E-state index contributed by atoms with van der Waals surface area (Å²) in [6.45, 7) is 5.56. The maximum absolute atomic E-state index is 12.4. The molecule has 0 aliphatic carbocycles. The highest BCUT2D eigenvalue weighted by atomic mass is 16.5. The minimum absolute atomic E-state index is 0.141. The Kier molecular flexibility index (Phi) is 5.78. The number of esters is 1. The Morgan fingerprint density at radius 1 is 1.18 bits per heavy atom. The lowest BCUT2D eigenvalue weighted by molar-refractivity contribution is -0.123. The smallest absolute Gasteiger partial charge is 0.338 e. The van der Waals surface area contributed by atoms with Crippen LogP contribution < -0.4 is 5.32 Å². The van der Waals surface area contributed by atoms with Crippen molar-refractivity contribution < 1.29 is 14.3 Å². The number of carbonyl (C=O) groups is 2. The summed E-state index contributed by atoms with van der Waals surface area (Å²) in [5.41, 5.74) is 1.02. The van der Waals surface area contributed by atoms with Crippen molar-refractivity contribution in [1.82, 2.24) is 30.0 Å². The Labute approximate surface area is 161 Å². The number of carbonyl (C=O) groups excluding carboxylic acids is 2. The van der Waals surface area contributed by atoms with Crippen LogP contribution in [0.25, 0.3) is 5.69 Å². The number of nitrogens with one attached hydrogen (secondary N) is 1. The zero-order valence-electron chi connectivity index (χ0n) is 15.8. The van der Waals surface area contributed by atoms with Gasteiger partial charge in [0.2, 0.25) is 0 Å². The molecule has 28 heavy (non-hydrogen) atoms. The van der Waals surface area contributed by atoms with Gasteiger partial charge in [0.15, 0.2) is 6.10 Å². The molecule has 1 N–H and O–H groups in total. The van der Waals surface area contributed by atoms with Crippen LogP contribution in [0.2, 0.25) is 0 Å². The predicted molar refractivity (Wildman–Crippen MR) is 99.9 cm³/mol. The molecule has 10 nitrogen and oxygen atoms in total. The number of aromatic nitrogens is 6. The number of benzene rings is 1. The number of hydrogen-bond donors (Lipinski definition) is 1. The Morgan fingerprint density at radius 2 is 1.93 bits per heavy atom. The van der Waals surface area contributed by atoms with Gasteiger partial charge in [-0.15, -0.1) is 5.10 Å². The van der Waals surface area contributed by atoms with Gasteiger partial charge in [-0.3, -0.25) is 4.79 Å². The van der Waals surface area contributed by atoms with Gasteiger partial charge >= 0.3 is 5.97 Å². The zero-order valence-corrected chi connectivity index (χ0v) is 15.8. The first kappa shape index (κ1) is 19.2. The van der Waals surface area contributed by atoms with Gasteiger partial charge in [-0.25, -0.2) is 14.2 Å². The average molecular weight is 383 g/mol. The van der Waals surface area contributed by atoms with E-state index in [1.807, 2.05) is 13.8 Å². The fraction of sp³-hybridized carbons (Fsp3) is 0.333. The third-order valence-corrected chi connectivity index (χ3v) is 4.30. The van der Waals surface area contributed by atoms with Gasteiger partial charge in [-0.05, 0) is 55.0 Å².